The first-order chi connectivity index (χ1) is 12.1. The van der Waals surface area contributed by atoms with Gasteiger partial charge in [0.25, 0.3) is 0 Å². The Bertz CT molecular complexity index is 828. The standard InChI is InChI=1S/C17H18FN7.ClH/c1-25(2)24-17-22-15(19-13-6-4-3-5-7-13)21-16(23-17)20-14-10-8-12(18)9-11-14;/h3-11H,1-2H3,(H3,19,20,21,22,23,24);1H. The molecule has 26 heavy (non-hydrogen) atoms. The van der Waals surface area contributed by atoms with E-state index in [9.17, 15) is 4.39 Å². The molecule has 0 amide bonds. The first-order valence-electron chi connectivity index (χ1n) is 7.63. The van der Waals surface area contributed by atoms with E-state index in [0.29, 0.717) is 23.5 Å². The van der Waals surface area contributed by atoms with Crippen molar-refractivity contribution in [1.82, 2.24) is 20.0 Å². The third-order valence-corrected chi connectivity index (χ3v) is 3.09. The lowest BCUT2D eigenvalue weighted by atomic mass is 10.3. The van der Waals surface area contributed by atoms with Gasteiger partial charge < -0.3 is 10.6 Å². The summed E-state index contributed by atoms with van der Waals surface area (Å²) >= 11 is 0. The fourth-order valence-electron chi connectivity index (χ4n) is 2.05. The Morgan fingerprint density at radius 1 is 0.731 bits per heavy atom. The quantitative estimate of drug-likeness (QED) is 0.565. The van der Waals surface area contributed by atoms with E-state index in [1.807, 2.05) is 44.4 Å². The zero-order valence-corrected chi connectivity index (χ0v) is 15.1. The highest BCUT2D eigenvalue weighted by molar-refractivity contribution is 5.85. The van der Waals surface area contributed by atoms with E-state index in [0.717, 1.165) is 5.69 Å². The van der Waals surface area contributed by atoms with Crippen LogP contribution in [-0.4, -0.2) is 34.1 Å². The third-order valence-electron chi connectivity index (χ3n) is 3.09. The van der Waals surface area contributed by atoms with Crippen molar-refractivity contribution in [3.8, 4) is 0 Å². The Kier molecular flexibility index (Phi) is 6.65. The smallest absolute Gasteiger partial charge is 0.244 e. The summed E-state index contributed by atoms with van der Waals surface area (Å²) in [4.78, 5) is 13.0. The van der Waals surface area contributed by atoms with Crippen molar-refractivity contribution in [3.63, 3.8) is 0 Å². The molecule has 3 N–H and O–H groups in total. The van der Waals surface area contributed by atoms with Crippen molar-refractivity contribution >= 4 is 41.6 Å². The van der Waals surface area contributed by atoms with Gasteiger partial charge in [-0.1, -0.05) is 18.2 Å². The lowest BCUT2D eigenvalue weighted by molar-refractivity contribution is 0.489. The van der Waals surface area contributed by atoms with E-state index in [2.05, 4.69) is 31.0 Å². The monoisotopic (exact) mass is 375 g/mol. The van der Waals surface area contributed by atoms with Crippen molar-refractivity contribution in [2.24, 2.45) is 0 Å². The summed E-state index contributed by atoms with van der Waals surface area (Å²) in [7, 11) is 3.67. The van der Waals surface area contributed by atoms with Crippen LogP contribution < -0.4 is 16.1 Å². The van der Waals surface area contributed by atoms with Crippen LogP contribution in [0.4, 0.5) is 33.6 Å². The van der Waals surface area contributed by atoms with Gasteiger partial charge in [0.1, 0.15) is 5.82 Å². The Balaban J connectivity index is 0.00000243. The second kappa shape index (κ2) is 8.93. The lowest BCUT2D eigenvalue weighted by Gasteiger charge is -2.14. The van der Waals surface area contributed by atoms with Crippen LogP contribution in [0.1, 0.15) is 0 Å². The summed E-state index contributed by atoms with van der Waals surface area (Å²) in [6.45, 7) is 0. The molecule has 1 heterocycles. The van der Waals surface area contributed by atoms with Gasteiger partial charge >= 0.3 is 0 Å². The summed E-state index contributed by atoms with van der Waals surface area (Å²) in [5.74, 6) is 0.796. The fourth-order valence-corrected chi connectivity index (χ4v) is 2.05. The third kappa shape index (κ3) is 5.54. The number of halogens is 2. The molecule has 7 nitrogen and oxygen atoms in total. The maximum absolute atomic E-state index is 13.0. The molecule has 3 rings (SSSR count). The molecule has 3 aromatic rings. The van der Waals surface area contributed by atoms with E-state index in [1.54, 1.807) is 17.1 Å². The molecule has 0 aliphatic heterocycles. The number of hydrogen-bond donors (Lipinski definition) is 3. The van der Waals surface area contributed by atoms with E-state index < -0.39 is 0 Å². The molecule has 1 aromatic heterocycles. The Morgan fingerprint density at radius 2 is 1.23 bits per heavy atom. The minimum atomic E-state index is -0.303. The zero-order chi connectivity index (χ0) is 17.6. The molecule has 136 valence electrons. The lowest BCUT2D eigenvalue weighted by Crippen LogP contribution is -2.22. The van der Waals surface area contributed by atoms with Gasteiger partial charge in [-0.05, 0) is 36.4 Å². The normalized spacial score (nSPS) is 10.2. The number of para-hydroxylation sites is 1. The number of nitrogens with zero attached hydrogens (tertiary/aromatic N) is 4. The molecule has 0 fully saturated rings. The number of hydrazine groups is 1. The molecule has 0 radical (unpaired) electrons. The average Bonchev–Trinajstić information content (AvgIpc) is 2.57. The molecule has 0 aliphatic rings. The van der Waals surface area contributed by atoms with E-state index in [4.69, 9.17) is 0 Å². The summed E-state index contributed by atoms with van der Waals surface area (Å²) in [5.41, 5.74) is 4.53. The van der Waals surface area contributed by atoms with Gasteiger partial charge in [0, 0.05) is 25.5 Å². The summed E-state index contributed by atoms with van der Waals surface area (Å²) in [6, 6.07) is 15.5. The Hall–Kier alpha value is -2.97. The summed E-state index contributed by atoms with van der Waals surface area (Å²) in [6.07, 6.45) is 0. The van der Waals surface area contributed by atoms with E-state index in [1.165, 1.54) is 12.1 Å². The summed E-state index contributed by atoms with van der Waals surface area (Å²) < 4.78 is 13.0. The zero-order valence-electron chi connectivity index (χ0n) is 14.3. The van der Waals surface area contributed by atoms with Gasteiger partial charge in [-0.2, -0.15) is 15.0 Å². The fraction of sp³-hybridized carbons (Fsp3) is 0.118. The molecule has 0 atom stereocenters. The second-order valence-electron chi connectivity index (χ2n) is 5.44. The van der Waals surface area contributed by atoms with Gasteiger partial charge in [-0.3, -0.25) is 5.43 Å². The number of benzene rings is 2. The molecule has 0 bridgehead atoms. The predicted octanol–water partition coefficient (Wildman–Crippen LogP) is 3.81. The molecule has 0 saturated carbocycles. The summed E-state index contributed by atoms with van der Waals surface area (Å²) in [5, 5.41) is 7.90. The van der Waals surface area contributed by atoms with Gasteiger partial charge in [-0.25, -0.2) is 9.40 Å². The van der Waals surface area contributed by atoms with Crippen LogP contribution in [0.15, 0.2) is 54.6 Å². The van der Waals surface area contributed by atoms with Crippen molar-refractivity contribution in [1.29, 1.82) is 0 Å². The van der Waals surface area contributed by atoms with Gasteiger partial charge in [-0.15, -0.1) is 12.4 Å². The molecule has 0 aliphatic carbocycles. The maximum atomic E-state index is 13.0. The number of hydrogen-bond acceptors (Lipinski definition) is 7. The molecule has 9 heteroatoms. The molecular formula is C17H19ClFN7. The average molecular weight is 376 g/mol. The van der Waals surface area contributed by atoms with Crippen molar-refractivity contribution < 1.29 is 4.39 Å². The largest absolute Gasteiger partial charge is 0.324 e. The number of aromatic nitrogens is 3. The predicted molar refractivity (Wildman–Crippen MR) is 104 cm³/mol. The van der Waals surface area contributed by atoms with E-state index in [-0.39, 0.29) is 18.2 Å². The van der Waals surface area contributed by atoms with E-state index >= 15 is 0 Å². The number of anilines is 5. The van der Waals surface area contributed by atoms with Gasteiger partial charge in [0.15, 0.2) is 0 Å². The van der Waals surface area contributed by atoms with Crippen LogP contribution in [0.3, 0.4) is 0 Å². The Labute approximate surface area is 157 Å². The molecule has 2 aromatic carbocycles. The van der Waals surface area contributed by atoms with Crippen molar-refractivity contribution in [2.75, 3.05) is 30.2 Å². The Morgan fingerprint density at radius 3 is 1.77 bits per heavy atom. The van der Waals surface area contributed by atoms with Crippen LogP contribution >= 0.6 is 12.4 Å². The SMILES string of the molecule is CN(C)Nc1nc(Nc2ccccc2)nc(Nc2ccc(F)cc2)n1.Cl. The topological polar surface area (TPSA) is 78.0 Å². The van der Waals surface area contributed by atoms with Crippen molar-refractivity contribution in [2.45, 2.75) is 0 Å². The highest BCUT2D eigenvalue weighted by Gasteiger charge is 2.08. The second-order valence-corrected chi connectivity index (χ2v) is 5.44. The number of rotatable bonds is 6. The number of nitrogens with one attached hydrogen (secondary N) is 3. The van der Waals surface area contributed by atoms with Crippen LogP contribution in [0, 0.1) is 5.82 Å². The first-order valence-corrected chi connectivity index (χ1v) is 7.63. The molecular weight excluding hydrogens is 357 g/mol. The van der Waals surface area contributed by atoms with Crippen LogP contribution in [0.5, 0.6) is 0 Å². The van der Waals surface area contributed by atoms with Crippen LogP contribution in [-0.2, 0) is 0 Å². The minimum Gasteiger partial charge on any atom is -0.324 e. The highest BCUT2D eigenvalue weighted by Crippen LogP contribution is 2.18. The van der Waals surface area contributed by atoms with Crippen molar-refractivity contribution in [3.05, 3.63) is 60.4 Å². The van der Waals surface area contributed by atoms with Gasteiger partial charge in [0.05, 0.1) is 0 Å². The van der Waals surface area contributed by atoms with Crippen LogP contribution in [0.2, 0.25) is 0 Å². The van der Waals surface area contributed by atoms with Gasteiger partial charge in [0.2, 0.25) is 17.8 Å². The first kappa shape index (κ1) is 19.4. The highest BCUT2D eigenvalue weighted by atomic mass is 35.5. The molecule has 0 saturated heterocycles. The molecule has 0 spiro atoms. The maximum Gasteiger partial charge on any atom is 0.244 e. The molecule has 0 unspecified atom stereocenters. The minimum absolute atomic E-state index is 0. The van der Waals surface area contributed by atoms with Crippen LogP contribution in [0.25, 0.3) is 0 Å².